The molecule has 0 aliphatic carbocycles. The Balaban J connectivity index is 5.17. The molecule has 7 N–H and O–H groups in total. The van der Waals surface area contributed by atoms with Crippen molar-refractivity contribution in [2.45, 2.75) is 98.0 Å². The summed E-state index contributed by atoms with van der Waals surface area (Å²) in [6.07, 6.45) is -0.371. The lowest BCUT2D eigenvalue weighted by Crippen LogP contribution is -2.55. The number of hydrogen-bond acceptors (Lipinski definition) is 12. The molecule has 0 aromatic carbocycles. The van der Waals surface area contributed by atoms with E-state index in [4.69, 9.17) is 9.47 Å². The van der Waals surface area contributed by atoms with E-state index in [0.29, 0.717) is 0 Å². The van der Waals surface area contributed by atoms with Gasteiger partial charge in [-0.2, -0.15) is 11.8 Å². The van der Waals surface area contributed by atoms with Crippen molar-refractivity contribution in [2.24, 2.45) is 5.92 Å². The second kappa shape index (κ2) is 23.5. The molecule has 0 fully saturated rings. The molecule has 0 aliphatic heterocycles. The number of aliphatic hydroxyl groups is 1. The lowest BCUT2D eigenvalue weighted by Gasteiger charge is -2.25. The van der Waals surface area contributed by atoms with Crippen LogP contribution < -0.4 is 31.9 Å². The van der Waals surface area contributed by atoms with Crippen LogP contribution in [0.25, 0.3) is 0 Å². The predicted octanol–water partition coefficient (Wildman–Crippen LogP) is -0.791. The third kappa shape index (κ3) is 18.2. The number of hydrogen-bond donors (Lipinski definition) is 7. The maximum Gasteiger partial charge on any atom is 0.305 e. The average Bonchev–Trinajstić information content (AvgIpc) is 3.02. The van der Waals surface area contributed by atoms with Crippen molar-refractivity contribution < 1.29 is 48.1 Å². The number of nitrogens with one attached hydrogen (secondary N) is 6. The van der Waals surface area contributed by atoms with E-state index in [9.17, 15) is 38.7 Å². The molecule has 0 rings (SSSR count). The first-order valence-electron chi connectivity index (χ1n) is 15.5. The van der Waals surface area contributed by atoms with Gasteiger partial charge in [-0.3, -0.25) is 33.6 Å². The molecule has 0 bridgehead atoms. The maximum absolute atomic E-state index is 13.2. The second-order valence-electron chi connectivity index (χ2n) is 10.8. The largest absolute Gasteiger partial charge is 0.462 e. The molecule has 0 aliphatic rings. The Morgan fingerprint density at radius 2 is 1.40 bits per heavy atom. The van der Waals surface area contributed by atoms with Crippen molar-refractivity contribution in [3.05, 3.63) is 12.3 Å². The SMILES string of the molecule is C=C(NCNC(=O)C(C)NC(=O)C(NC(C)=O)C(C)C)C(CO)NC(=O)C(CSCC(COC(=O)CC)OC(=O)CC)NC(=O)CC. The van der Waals surface area contributed by atoms with Gasteiger partial charge < -0.3 is 46.5 Å². The van der Waals surface area contributed by atoms with E-state index in [2.05, 4.69) is 38.5 Å². The highest BCUT2D eigenvalue weighted by atomic mass is 32.2. The Bertz CT molecular complexity index is 1090. The van der Waals surface area contributed by atoms with Crippen LogP contribution in [0.1, 0.15) is 67.7 Å². The quantitative estimate of drug-likeness (QED) is 0.0517. The summed E-state index contributed by atoms with van der Waals surface area (Å²) in [4.78, 5) is 85.2. The van der Waals surface area contributed by atoms with Crippen LogP contribution >= 0.6 is 11.8 Å². The summed E-state index contributed by atoms with van der Waals surface area (Å²) >= 11 is 1.19. The van der Waals surface area contributed by atoms with Crippen LogP contribution in [0.2, 0.25) is 0 Å². The summed E-state index contributed by atoms with van der Waals surface area (Å²) in [5.41, 5.74) is 0.154. The van der Waals surface area contributed by atoms with Crippen molar-refractivity contribution in [1.29, 1.82) is 0 Å². The zero-order valence-corrected chi connectivity index (χ0v) is 29.2. The molecule has 0 spiro atoms. The van der Waals surface area contributed by atoms with Gasteiger partial charge in [-0.15, -0.1) is 0 Å². The third-order valence-electron chi connectivity index (χ3n) is 6.42. The molecule has 0 saturated heterocycles. The Kier molecular flexibility index (Phi) is 21.5. The highest BCUT2D eigenvalue weighted by molar-refractivity contribution is 7.99. The summed E-state index contributed by atoms with van der Waals surface area (Å²) in [7, 11) is 0. The monoisotopic (exact) mass is 688 g/mol. The summed E-state index contributed by atoms with van der Waals surface area (Å²) in [5.74, 6) is -3.36. The molecule has 16 nitrogen and oxygen atoms in total. The van der Waals surface area contributed by atoms with E-state index in [0.717, 1.165) is 0 Å². The highest BCUT2D eigenvalue weighted by Gasteiger charge is 2.27. The number of esters is 2. The van der Waals surface area contributed by atoms with Gasteiger partial charge in [-0.1, -0.05) is 41.2 Å². The molecule has 5 atom stereocenters. The fraction of sp³-hybridized carbons (Fsp3) is 0.700. The number of rotatable bonds is 23. The van der Waals surface area contributed by atoms with E-state index in [1.807, 2.05) is 0 Å². The lowest BCUT2D eigenvalue weighted by atomic mass is 10.0. The summed E-state index contributed by atoms with van der Waals surface area (Å²) in [6, 6.07) is -3.79. The molecule has 0 radical (unpaired) electrons. The van der Waals surface area contributed by atoms with Crippen molar-refractivity contribution >= 4 is 53.2 Å². The van der Waals surface area contributed by atoms with E-state index in [-0.39, 0.29) is 61.6 Å². The van der Waals surface area contributed by atoms with Crippen LogP contribution in [0.15, 0.2) is 12.3 Å². The van der Waals surface area contributed by atoms with Gasteiger partial charge >= 0.3 is 11.9 Å². The van der Waals surface area contributed by atoms with E-state index in [1.54, 1.807) is 34.6 Å². The van der Waals surface area contributed by atoms with E-state index in [1.165, 1.54) is 25.6 Å². The first kappa shape index (κ1) is 43.1. The van der Waals surface area contributed by atoms with Gasteiger partial charge in [0.05, 0.1) is 19.3 Å². The van der Waals surface area contributed by atoms with Crippen LogP contribution in [0.4, 0.5) is 0 Å². The third-order valence-corrected chi connectivity index (χ3v) is 7.60. The first-order valence-corrected chi connectivity index (χ1v) is 16.7. The van der Waals surface area contributed by atoms with Crippen LogP contribution in [-0.2, 0) is 43.0 Å². The van der Waals surface area contributed by atoms with Gasteiger partial charge in [0.1, 0.15) is 30.8 Å². The van der Waals surface area contributed by atoms with Gasteiger partial charge in [0, 0.05) is 43.4 Å². The Morgan fingerprint density at radius 1 is 0.766 bits per heavy atom. The minimum atomic E-state index is -1.04. The number of amides is 5. The minimum absolute atomic E-state index is 0.0663. The van der Waals surface area contributed by atoms with Gasteiger partial charge in [-0.25, -0.2) is 0 Å². The molecule has 0 heterocycles. The van der Waals surface area contributed by atoms with Gasteiger partial charge in [0.2, 0.25) is 29.5 Å². The zero-order chi connectivity index (χ0) is 36.1. The smallest absolute Gasteiger partial charge is 0.305 e. The van der Waals surface area contributed by atoms with E-state index >= 15 is 0 Å². The van der Waals surface area contributed by atoms with Crippen molar-refractivity contribution in [1.82, 2.24) is 31.9 Å². The van der Waals surface area contributed by atoms with Gasteiger partial charge in [-0.05, 0) is 12.8 Å². The van der Waals surface area contributed by atoms with Crippen LogP contribution in [-0.4, -0.2) is 108 Å². The topological polar surface area (TPSA) is 230 Å². The Hall–Kier alpha value is -3.86. The predicted molar refractivity (Wildman–Crippen MR) is 175 cm³/mol. The summed E-state index contributed by atoms with van der Waals surface area (Å²) in [5, 5.41) is 25.6. The Labute approximate surface area is 280 Å². The molecule has 268 valence electrons. The number of carbonyl (C=O) groups excluding carboxylic acids is 7. The lowest BCUT2D eigenvalue weighted by molar-refractivity contribution is -0.157. The highest BCUT2D eigenvalue weighted by Crippen LogP contribution is 2.11. The number of ether oxygens (including phenoxy) is 2. The fourth-order valence-electron chi connectivity index (χ4n) is 3.63. The van der Waals surface area contributed by atoms with Gasteiger partial charge in [0.25, 0.3) is 0 Å². The molecule has 5 unspecified atom stereocenters. The normalized spacial score (nSPS) is 13.9. The zero-order valence-electron chi connectivity index (χ0n) is 28.4. The van der Waals surface area contributed by atoms with Crippen molar-refractivity contribution in [3.63, 3.8) is 0 Å². The second-order valence-corrected chi connectivity index (χ2v) is 11.9. The molecule has 0 aromatic heterocycles. The van der Waals surface area contributed by atoms with Crippen LogP contribution in [0.3, 0.4) is 0 Å². The molecular weight excluding hydrogens is 636 g/mol. The summed E-state index contributed by atoms with van der Waals surface area (Å²) in [6.45, 7) is 14.1. The van der Waals surface area contributed by atoms with E-state index < -0.39 is 72.4 Å². The standard InChI is InChI=1S/C30H52N6O10S/c1-9-24(39)35-23(15-47-14-21(46-26(41)11-3)13-45-25(40)10-2)29(43)36-22(12-37)18(6)31-16-32-28(42)19(7)33-30(44)27(17(4)5)34-20(8)38/h17,19,21-23,27,31,37H,6,9-16H2,1-5,7-8H3,(H,32,42)(H,33,44)(H,34,38)(H,35,39)(H,36,43). The van der Waals surface area contributed by atoms with Gasteiger partial charge in [0.15, 0.2) is 0 Å². The molecule has 0 saturated carbocycles. The number of carbonyl (C=O) groups is 7. The maximum atomic E-state index is 13.2. The first-order chi connectivity index (χ1) is 22.1. The van der Waals surface area contributed by atoms with Crippen LogP contribution in [0.5, 0.6) is 0 Å². The Morgan fingerprint density at radius 3 is 1.94 bits per heavy atom. The number of aliphatic hydroxyl groups excluding tert-OH is 1. The minimum Gasteiger partial charge on any atom is -0.462 e. The van der Waals surface area contributed by atoms with Crippen LogP contribution in [0, 0.1) is 5.92 Å². The summed E-state index contributed by atoms with van der Waals surface area (Å²) < 4.78 is 10.4. The average molecular weight is 689 g/mol. The molecule has 47 heavy (non-hydrogen) atoms. The van der Waals surface area contributed by atoms with Crippen molar-refractivity contribution in [3.8, 4) is 0 Å². The molecule has 5 amide bonds. The fourth-order valence-corrected chi connectivity index (χ4v) is 4.66. The molecule has 0 aromatic rings. The molecule has 17 heteroatoms. The number of thioether (sulfide) groups is 1. The molecular formula is C30H52N6O10S. The van der Waals surface area contributed by atoms with Crippen molar-refractivity contribution in [2.75, 3.05) is 31.4 Å².